The van der Waals surface area contributed by atoms with Gasteiger partial charge in [-0.1, -0.05) is 26.2 Å². The molecule has 0 spiro atoms. The zero-order valence-electron chi connectivity index (χ0n) is 7.55. The number of unbranched alkanes of at least 4 members (excludes halogenated alkanes) is 3. The molecule has 1 rings (SSSR count). The van der Waals surface area contributed by atoms with Gasteiger partial charge in [0.25, 0.3) is 0 Å². The summed E-state index contributed by atoms with van der Waals surface area (Å²) >= 11 is 0. The first-order chi connectivity index (χ1) is 5.84. The topological polar surface area (TPSA) is 37.8 Å². The molecule has 0 radical (unpaired) electrons. The molecule has 0 unspecified atom stereocenters. The highest BCUT2D eigenvalue weighted by molar-refractivity contribution is 4.75. The predicted molar refractivity (Wildman–Crippen MR) is 49.2 cm³/mol. The molecule has 3 heteroatoms. The van der Waals surface area contributed by atoms with E-state index >= 15 is 0 Å². The Bertz CT molecular complexity index is 261. The summed E-state index contributed by atoms with van der Waals surface area (Å²) in [7, 11) is 0. The maximum atomic E-state index is 11.0. The van der Waals surface area contributed by atoms with Crippen LogP contribution < -0.4 is 5.69 Å². The van der Waals surface area contributed by atoms with Gasteiger partial charge >= 0.3 is 5.69 Å². The van der Waals surface area contributed by atoms with E-state index in [0.29, 0.717) is 0 Å². The van der Waals surface area contributed by atoms with E-state index in [1.807, 2.05) is 0 Å². The molecule has 1 N–H and O–H groups in total. The Kier molecular flexibility index (Phi) is 3.64. The fourth-order valence-electron chi connectivity index (χ4n) is 1.23. The van der Waals surface area contributed by atoms with Crippen LogP contribution in [0.4, 0.5) is 0 Å². The number of nitrogens with one attached hydrogen (secondary N) is 1. The first-order valence-corrected chi connectivity index (χ1v) is 4.58. The van der Waals surface area contributed by atoms with Crippen molar-refractivity contribution in [1.29, 1.82) is 0 Å². The average molecular weight is 168 g/mol. The highest BCUT2D eigenvalue weighted by Crippen LogP contribution is 1.99. The van der Waals surface area contributed by atoms with Crippen molar-refractivity contribution in [3.8, 4) is 0 Å². The van der Waals surface area contributed by atoms with Gasteiger partial charge in [-0.2, -0.15) is 0 Å². The first kappa shape index (κ1) is 9.10. The van der Waals surface area contributed by atoms with Gasteiger partial charge < -0.3 is 4.98 Å². The molecule has 0 atom stereocenters. The van der Waals surface area contributed by atoms with Gasteiger partial charge in [0.2, 0.25) is 0 Å². The van der Waals surface area contributed by atoms with Gasteiger partial charge in [0.05, 0.1) is 0 Å². The summed E-state index contributed by atoms with van der Waals surface area (Å²) in [4.78, 5) is 13.6. The molecule has 3 nitrogen and oxygen atoms in total. The van der Waals surface area contributed by atoms with Crippen molar-refractivity contribution in [2.24, 2.45) is 0 Å². The van der Waals surface area contributed by atoms with Crippen molar-refractivity contribution < 1.29 is 0 Å². The number of rotatable bonds is 5. The first-order valence-electron chi connectivity index (χ1n) is 4.58. The van der Waals surface area contributed by atoms with Crippen LogP contribution >= 0.6 is 0 Å². The number of hydrogen-bond donors (Lipinski definition) is 1. The lowest BCUT2D eigenvalue weighted by atomic mass is 10.2. The summed E-state index contributed by atoms with van der Waals surface area (Å²) in [6, 6.07) is 0. The van der Waals surface area contributed by atoms with Crippen LogP contribution in [0.15, 0.2) is 17.2 Å². The Morgan fingerprint density at radius 1 is 1.42 bits per heavy atom. The third-order valence-electron chi connectivity index (χ3n) is 1.97. The number of H-pyrrole nitrogens is 1. The largest absolute Gasteiger partial charge is 0.325 e. The number of aryl methyl sites for hydroxylation is 1. The molecule has 0 amide bonds. The van der Waals surface area contributed by atoms with E-state index in [2.05, 4.69) is 11.9 Å². The van der Waals surface area contributed by atoms with E-state index in [9.17, 15) is 4.79 Å². The van der Waals surface area contributed by atoms with Crippen LogP contribution in [-0.4, -0.2) is 9.55 Å². The minimum Gasteiger partial charge on any atom is -0.313 e. The summed E-state index contributed by atoms with van der Waals surface area (Å²) in [6.07, 6.45) is 8.30. The van der Waals surface area contributed by atoms with E-state index < -0.39 is 0 Å². The summed E-state index contributed by atoms with van der Waals surface area (Å²) in [6.45, 7) is 3.03. The monoisotopic (exact) mass is 168 g/mol. The average Bonchev–Trinajstić information content (AvgIpc) is 2.46. The molecule has 0 aliphatic rings. The Morgan fingerprint density at radius 2 is 2.25 bits per heavy atom. The lowest BCUT2D eigenvalue weighted by molar-refractivity contribution is 0.572. The number of aromatic amines is 1. The Morgan fingerprint density at radius 3 is 2.83 bits per heavy atom. The number of imidazole rings is 1. The summed E-state index contributed by atoms with van der Waals surface area (Å²) in [5, 5.41) is 0. The number of aromatic nitrogens is 2. The molecule has 0 saturated carbocycles. The van der Waals surface area contributed by atoms with Crippen molar-refractivity contribution in [2.75, 3.05) is 0 Å². The number of hydrogen-bond acceptors (Lipinski definition) is 1. The second-order valence-corrected chi connectivity index (χ2v) is 3.02. The lowest BCUT2D eigenvalue weighted by Gasteiger charge is -1.99. The third-order valence-corrected chi connectivity index (χ3v) is 1.97. The molecular weight excluding hydrogens is 152 g/mol. The van der Waals surface area contributed by atoms with Crippen molar-refractivity contribution >= 4 is 0 Å². The van der Waals surface area contributed by atoms with Crippen LogP contribution in [0.25, 0.3) is 0 Å². The maximum absolute atomic E-state index is 11.0. The summed E-state index contributed by atoms with van der Waals surface area (Å²) in [5.41, 5.74) is 0.00602. The Labute approximate surface area is 72.4 Å². The van der Waals surface area contributed by atoms with E-state index in [-0.39, 0.29) is 5.69 Å². The van der Waals surface area contributed by atoms with Crippen LogP contribution in [0.1, 0.15) is 32.6 Å². The van der Waals surface area contributed by atoms with Gasteiger partial charge in [-0.25, -0.2) is 4.79 Å². The van der Waals surface area contributed by atoms with Crippen LogP contribution in [0.2, 0.25) is 0 Å². The lowest BCUT2D eigenvalue weighted by Crippen LogP contribution is -2.15. The SMILES string of the molecule is CCCCCCn1cc[nH]c1=O. The van der Waals surface area contributed by atoms with Crippen molar-refractivity contribution in [1.82, 2.24) is 9.55 Å². The van der Waals surface area contributed by atoms with E-state index in [1.165, 1.54) is 19.3 Å². The molecule has 0 aliphatic carbocycles. The number of nitrogens with zero attached hydrogens (tertiary/aromatic N) is 1. The standard InChI is InChI=1S/C9H16N2O/c1-2-3-4-5-7-11-8-6-10-9(11)12/h6,8H,2-5,7H2,1H3,(H,10,12). The highest BCUT2D eigenvalue weighted by atomic mass is 16.1. The van der Waals surface area contributed by atoms with Gasteiger partial charge in [0.15, 0.2) is 0 Å². The minimum absolute atomic E-state index is 0.00602. The van der Waals surface area contributed by atoms with Crippen LogP contribution in [0.3, 0.4) is 0 Å². The molecule has 0 saturated heterocycles. The van der Waals surface area contributed by atoms with Gasteiger partial charge in [0, 0.05) is 18.9 Å². The Balaban J connectivity index is 2.24. The van der Waals surface area contributed by atoms with Crippen molar-refractivity contribution in [3.05, 3.63) is 22.9 Å². The highest BCUT2D eigenvalue weighted by Gasteiger charge is 1.94. The van der Waals surface area contributed by atoms with Gasteiger partial charge in [-0.3, -0.25) is 4.57 Å². The molecule has 0 fully saturated rings. The van der Waals surface area contributed by atoms with Crippen LogP contribution in [-0.2, 0) is 6.54 Å². The van der Waals surface area contributed by atoms with Gasteiger partial charge in [0.1, 0.15) is 0 Å². The summed E-state index contributed by atoms with van der Waals surface area (Å²) in [5.74, 6) is 0. The van der Waals surface area contributed by atoms with E-state index in [1.54, 1.807) is 17.0 Å². The second kappa shape index (κ2) is 4.80. The van der Waals surface area contributed by atoms with Gasteiger partial charge in [-0.15, -0.1) is 0 Å². The molecule has 0 aromatic carbocycles. The van der Waals surface area contributed by atoms with Gasteiger partial charge in [-0.05, 0) is 6.42 Å². The quantitative estimate of drug-likeness (QED) is 0.668. The van der Waals surface area contributed by atoms with E-state index in [4.69, 9.17) is 0 Å². The maximum Gasteiger partial charge on any atom is 0.325 e. The predicted octanol–water partition coefficient (Wildman–Crippen LogP) is 1.76. The van der Waals surface area contributed by atoms with Crippen LogP contribution in [0, 0.1) is 0 Å². The van der Waals surface area contributed by atoms with Crippen molar-refractivity contribution in [3.63, 3.8) is 0 Å². The zero-order chi connectivity index (χ0) is 8.81. The Hall–Kier alpha value is -0.990. The second-order valence-electron chi connectivity index (χ2n) is 3.02. The smallest absolute Gasteiger partial charge is 0.313 e. The third kappa shape index (κ3) is 2.57. The molecule has 68 valence electrons. The fraction of sp³-hybridized carbons (Fsp3) is 0.667. The fourth-order valence-corrected chi connectivity index (χ4v) is 1.23. The molecule has 1 aromatic rings. The van der Waals surface area contributed by atoms with Crippen LogP contribution in [0.5, 0.6) is 0 Å². The molecule has 12 heavy (non-hydrogen) atoms. The zero-order valence-corrected chi connectivity index (χ0v) is 7.55. The van der Waals surface area contributed by atoms with E-state index in [0.717, 1.165) is 13.0 Å². The molecule has 1 heterocycles. The molecular formula is C9H16N2O. The molecule has 1 aromatic heterocycles. The van der Waals surface area contributed by atoms with Crippen molar-refractivity contribution in [2.45, 2.75) is 39.2 Å². The normalized spacial score (nSPS) is 10.4. The minimum atomic E-state index is 0.00602. The molecule has 0 bridgehead atoms. The molecule has 0 aliphatic heterocycles. The summed E-state index contributed by atoms with van der Waals surface area (Å²) < 4.78 is 1.72.